The molecule has 7 atom stereocenters. The molecule has 1 heterocycles. The monoisotopic (exact) mass is 726 g/mol. The van der Waals surface area contributed by atoms with Gasteiger partial charge in [0, 0.05) is 20.6 Å². The molecule has 3 rings (SSSR count). The minimum Gasteiger partial charge on any atom is -0.446 e. The standard InChI is InChI=1S/C38H58N6O8/c1-12-16-25(30(46)33(48)39-19-26(45)41-28(34(49)43(10)11)23-17-14-13-15-18-23)40-32(47)29-27-24(38(27,8)9)20-44(29)35(50)31(37(5,6)7)42-36(51)52-22(4)21(2)3/h13-15,17-18,21-22,24-25,27-29,31H,12,16,19-20H2,1-11H3,(H,39,48)(H,40,47)(H,41,45)(H,42,51)/t22?,24?,25-,27+,28+,29+,31-/m1/s1. The van der Waals surface area contributed by atoms with Crippen molar-refractivity contribution >= 4 is 41.4 Å². The van der Waals surface area contributed by atoms with E-state index in [4.69, 9.17) is 4.74 Å². The summed E-state index contributed by atoms with van der Waals surface area (Å²) in [5.41, 5.74) is -0.421. The summed E-state index contributed by atoms with van der Waals surface area (Å²) in [6.07, 6.45) is -0.518. The average Bonchev–Trinajstić information content (AvgIpc) is 3.37. The van der Waals surface area contributed by atoms with Gasteiger partial charge >= 0.3 is 6.09 Å². The van der Waals surface area contributed by atoms with Crippen LogP contribution in [0.3, 0.4) is 0 Å². The van der Waals surface area contributed by atoms with Crippen LogP contribution in [0.2, 0.25) is 0 Å². The third-order valence-electron chi connectivity index (χ3n) is 10.3. The lowest BCUT2D eigenvalue weighted by atomic mass is 9.85. The number of piperidine rings is 1. The van der Waals surface area contributed by atoms with Gasteiger partial charge in [0.2, 0.25) is 29.4 Å². The maximum atomic E-state index is 14.2. The van der Waals surface area contributed by atoms with Gasteiger partial charge in [-0.3, -0.25) is 28.8 Å². The summed E-state index contributed by atoms with van der Waals surface area (Å²) in [6, 6.07) is 4.47. The van der Waals surface area contributed by atoms with Gasteiger partial charge in [-0.15, -0.1) is 0 Å². The highest BCUT2D eigenvalue weighted by atomic mass is 16.6. The minimum absolute atomic E-state index is 0.0296. The number of benzene rings is 1. The first-order valence-corrected chi connectivity index (χ1v) is 18.1. The van der Waals surface area contributed by atoms with Crippen LogP contribution in [0.5, 0.6) is 0 Å². The first-order valence-electron chi connectivity index (χ1n) is 18.1. The molecule has 2 aliphatic rings. The third kappa shape index (κ3) is 9.88. The number of carbonyl (C=O) groups is 7. The van der Waals surface area contributed by atoms with Crippen molar-refractivity contribution in [3.05, 3.63) is 35.9 Å². The van der Waals surface area contributed by atoms with Crippen molar-refractivity contribution in [3.8, 4) is 0 Å². The van der Waals surface area contributed by atoms with Crippen LogP contribution >= 0.6 is 0 Å². The molecule has 288 valence electrons. The summed E-state index contributed by atoms with van der Waals surface area (Å²) in [7, 11) is 3.12. The van der Waals surface area contributed by atoms with E-state index in [-0.39, 0.29) is 41.6 Å². The van der Waals surface area contributed by atoms with Gasteiger partial charge < -0.3 is 35.8 Å². The molecule has 4 N–H and O–H groups in total. The van der Waals surface area contributed by atoms with Crippen molar-refractivity contribution in [2.45, 2.75) is 105 Å². The normalized spacial score (nSPS) is 21.1. The predicted octanol–water partition coefficient (Wildman–Crippen LogP) is 2.57. The van der Waals surface area contributed by atoms with E-state index in [1.54, 1.807) is 58.3 Å². The zero-order chi connectivity index (χ0) is 39.3. The Labute approximate surface area is 307 Å². The van der Waals surface area contributed by atoms with Crippen molar-refractivity contribution in [2.24, 2.45) is 28.6 Å². The van der Waals surface area contributed by atoms with Gasteiger partial charge in [0.1, 0.15) is 24.2 Å². The first-order chi connectivity index (χ1) is 24.1. The number of nitrogens with zero attached hydrogens (tertiary/aromatic N) is 2. The molecule has 14 nitrogen and oxygen atoms in total. The van der Waals surface area contributed by atoms with Crippen molar-refractivity contribution in [1.82, 2.24) is 31.1 Å². The average molecular weight is 727 g/mol. The Bertz CT molecular complexity index is 1500. The number of ketones is 1. The fourth-order valence-corrected chi connectivity index (χ4v) is 6.71. The van der Waals surface area contributed by atoms with Gasteiger partial charge in [0.25, 0.3) is 5.91 Å². The molecule has 0 bridgehead atoms. The van der Waals surface area contributed by atoms with E-state index in [2.05, 4.69) is 21.3 Å². The highest BCUT2D eigenvalue weighted by Gasteiger charge is 2.70. The maximum absolute atomic E-state index is 14.2. The quantitative estimate of drug-likeness (QED) is 0.199. The zero-order valence-corrected chi connectivity index (χ0v) is 32.5. The number of hydrogen-bond donors (Lipinski definition) is 4. The van der Waals surface area contributed by atoms with E-state index in [1.807, 2.05) is 48.5 Å². The largest absolute Gasteiger partial charge is 0.446 e. The number of fused-ring (bicyclic) bond motifs is 1. The van der Waals surface area contributed by atoms with Crippen LogP contribution in [-0.2, 0) is 33.5 Å². The lowest BCUT2D eigenvalue weighted by Crippen LogP contribution is -2.60. The second kappa shape index (κ2) is 16.9. The number of hydrogen-bond acceptors (Lipinski definition) is 8. The molecule has 0 spiro atoms. The number of rotatable bonds is 15. The highest BCUT2D eigenvalue weighted by Crippen LogP contribution is 2.65. The van der Waals surface area contributed by atoms with Crippen LogP contribution in [0.4, 0.5) is 4.79 Å². The third-order valence-corrected chi connectivity index (χ3v) is 10.3. The molecule has 2 unspecified atom stereocenters. The molecule has 1 aromatic rings. The van der Waals surface area contributed by atoms with E-state index >= 15 is 0 Å². The lowest BCUT2D eigenvalue weighted by Gasteiger charge is -2.38. The van der Waals surface area contributed by atoms with Gasteiger partial charge in [-0.25, -0.2) is 4.79 Å². The van der Waals surface area contributed by atoms with Crippen LogP contribution in [0.1, 0.15) is 86.8 Å². The zero-order valence-electron chi connectivity index (χ0n) is 32.5. The van der Waals surface area contributed by atoms with Crippen molar-refractivity contribution in [2.75, 3.05) is 27.2 Å². The number of ether oxygens (including phenoxy) is 1. The Morgan fingerprint density at radius 3 is 2.12 bits per heavy atom. The molecule has 0 radical (unpaired) electrons. The Morgan fingerprint density at radius 1 is 0.962 bits per heavy atom. The molecule has 0 aromatic heterocycles. The van der Waals surface area contributed by atoms with Gasteiger partial charge in [-0.1, -0.05) is 92.1 Å². The molecule has 1 aromatic carbocycles. The minimum atomic E-state index is -1.21. The number of likely N-dealkylation sites (N-methyl/N-ethyl adjacent to an activating group) is 1. The van der Waals surface area contributed by atoms with Crippen molar-refractivity contribution in [1.29, 1.82) is 0 Å². The molecule has 1 saturated carbocycles. The number of alkyl carbamates (subject to hydrolysis) is 1. The Kier molecular flexibility index (Phi) is 13.6. The maximum Gasteiger partial charge on any atom is 0.408 e. The Hall–Kier alpha value is -4.49. The van der Waals surface area contributed by atoms with Gasteiger partial charge in [0.15, 0.2) is 0 Å². The summed E-state index contributed by atoms with van der Waals surface area (Å²) in [4.78, 5) is 96.0. The van der Waals surface area contributed by atoms with E-state index in [9.17, 15) is 33.6 Å². The van der Waals surface area contributed by atoms with Crippen LogP contribution in [0, 0.1) is 28.6 Å². The van der Waals surface area contributed by atoms with E-state index < -0.39 is 71.6 Å². The van der Waals surface area contributed by atoms with Crippen LogP contribution in [-0.4, -0.2) is 103 Å². The Balaban J connectivity index is 1.73. The molecular weight excluding hydrogens is 668 g/mol. The molecule has 1 aliphatic carbocycles. The van der Waals surface area contributed by atoms with E-state index in [0.29, 0.717) is 18.5 Å². The van der Waals surface area contributed by atoms with Gasteiger partial charge in [-0.2, -0.15) is 0 Å². The van der Waals surface area contributed by atoms with Crippen molar-refractivity contribution < 1.29 is 38.3 Å². The molecule has 2 fully saturated rings. The molecule has 1 saturated heterocycles. The topological polar surface area (TPSA) is 183 Å². The van der Waals surface area contributed by atoms with Crippen LogP contribution < -0.4 is 21.3 Å². The SMILES string of the molecule is CCC[C@@H](NC(=O)[C@@H]1[C@@H]2C(CN1C(=O)[C@@H](NC(=O)OC(C)C(C)C)C(C)(C)C)C2(C)C)C(=O)C(=O)NCC(=O)N[C@H](C(=O)N(C)C)c1ccccc1. The van der Waals surface area contributed by atoms with Crippen LogP contribution in [0.25, 0.3) is 0 Å². The first kappa shape index (κ1) is 41.9. The van der Waals surface area contributed by atoms with E-state index in [0.717, 1.165) is 0 Å². The van der Waals surface area contributed by atoms with Crippen LogP contribution in [0.15, 0.2) is 30.3 Å². The number of carbonyl (C=O) groups excluding carboxylic acids is 7. The highest BCUT2D eigenvalue weighted by molar-refractivity contribution is 6.38. The molecule has 14 heteroatoms. The van der Waals surface area contributed by atoms with Gasteiger partial charge in [-0.05, 0) is 47.5 Å². The summed E-state index contributed by atoms with van der Waals surface area (Å²) in [5.74, 6) is -4.17. The number of amides is 6. The van der Waals surface area contributed by atoms with Gasteiger partial charge in [0.05, 0.1) is 12.6 Å². The summed E-state index contributed by atoms with van der Waals surface area (Å²) >= 11 is 0. The second-order valence-electron chi connectivity index (χ2n) is 16.2. The fourth-order valence-electron chi connectivity index (χ4n) is 6.71. The fraction of sp³-hybridized carbons (Fsp3) is 0.658. The number of likely N-dealkylation sites (tertiary alicyclic amines) is 1. The summed E-state index contributed by atoms with van der Waals surface area (Å²) in [6.45, 7) is 16.6. The summed E-state index contributed by atoms with van der Waals surface area (Å²) in [5, 5.41) is 10.4. The predicted molar refractivity (Wildman–Crippen MR) is 194 cm³/mol. The molecular formula is C38H58N6O8. The molecule has 6 amide bonds. The molecule has 1 aliphatic heterocycles. The van der Waals surface area contributed by atoms with E-state index in [1.165, 1.54) is 9.80 Å². The Morgan fingerprint density at radius 2 is 1.58 bits per heavy atom. The summed E-state index contributed by atoms with van der Waals surface area (Å²) < 4.78 is 5.49. The lowest BCUT2D eigenvalue weighted by molar-refractivity contribution is -0.145. The number of nitrogens with one attached hydrogen (secondary N) is 4. The number of Topliss-reactive ketones (excluding diaryl/α,β-unsaturated/α-hetero) is 1. The smallest absolute Gasteiger partial charge is 0.408 e. The van der Waals surface area contributed by atoms with Crippen molar-refractivity contribution in [3.63, 3.8) is 0 Å². The second-order valence-corrected chi connectivity index (χ2v) is 16.2. The molecule has 52 heavy (non-hydrogen) atoms.